The summed E-state index contributed by atoms with van der Waals surface area (Å²) in [6, 6.07) is -0.975. The fourth-order valence-corrected chi connectivity index (χ4v) is 5.35. The number of amides is 3. The van der Waals surface area contributed by atoms with Gasteiger partial charge in [-0.15, -0.1) is 23.1 Å². The third-order valence-electron chi connectivity index (χ3n) is 5.03. The van der Waals surface area contributed by atoms with Crippen LogP contribution < -0.4 is 22.1 Å². The summed E-state index contributed by atoms with van der Waals surface area (Å²) in [6.07, 6.45) is -0.458. The molecule has 0 radical (unpaired) electrons. The van der Waals surface area contributed by atoms with Crippen LogP contribution in [-0.2, 0) is 24.0 Å². The highest BCUT2D eigenvalue weighted by molar-refractivity contribution is 8.00. The van der Waals surface area contributed by atoms with Gasteiger partial charge < -0.3 is 32.0 Å². The van der Waals surface area contributed by atoms with Gasteiger partial charge in [0, 0.05) is 30.6 Å². The minimum atomic E-state index is -1.25. The quantitative estimate of drug-likeness (QED) is 0.165. The molecule has 1 aromatic rings. The zero-order valence-electron chi connectivity index (χ0n) is 16.4. The van der Waals surface area contributed by atoms with Gasteiger partial charge >= 0.3 is 5.97 Å². The number of nitrogens with zero attached hydrogens (tertiary/aromatic N) is 3. The maximum absolute atomic E-state index is 13.0. The van der Waals surface area contributed by atoms with E-state index in [0.29, 0.717) is 24.3 Å². The number of hydrogen-bond donors (Lipinski definition) is 5. The molecule has 3 aliphatic rings. The number of nitrogens with two attached hydrogens (primary N) is 2. The molecule has 3 aliphatic heterocycles. The van der Waals surface area contributed by atoms with Gasteiger partial charge in [-0.3, -0.25) is 19.3 Å². The van der Waals surface area contributed by atoms with Crippen LogP contribution in [0.1, 0.15) is 12.1 Å². The molecular weight excluding hydrogens is 462 g/mol. The largest absolute Gasteiger partial charge is 0.477 e. The lowest BCUT2D eigenvalue weighted by atomic mass is 10.0. The summed E-state index contributed by atoms with van der Waals surface area (Å²) in [6.45, 7) is 0.441. The second kappa shape index (κ2) is 8.76. The molecule has 32 heavy (non-hydrogen) atoms. The number of aromatic nitrogens is 1. The molecule has 170 valence electrons. The third kappa shape index (κ3) is 3.89. The van der Waals surface area contributed by atoms with Gasteiger partial charge in [0.05, 0.1) is 0 Å². The first-order valence-electron chi connectivity index (χ1n) is 9.45. The molecule has 13 nitrogen and oxygen atoms in total. The van der Waals surface area contributed by atoms with E-state index < -0.39 is 35.3 Å². The third-order valence-corrected chi connectivity index (χ3v) is 7.05. The number of hydrogen-bond acceptors (Lipinski definition) is 11. The topological polar surface area (TPSA) is 202 Å². The minimum absolute atomic E-state index is 0.0102. The van der Waals surface area contributed by atoms with E-state index in [1.807, 2.05) is 0 Å². The second-order valence-corrected chi connectivity index (χ2v) is 9.00. The zero-order valence-corrected chi connectivity index (χ0v) is 18.1. The van der Waals surface area contributed by atoms with Crippen LogP contribution in [0.25, 0.3) is 0 Å². The molecule has 0 bridgehead atoms. The molecule has 0 aliphatic carbocycles. The van der Waals surface area contributed by atoms with Gasteiger partial charge in [-0.1, -0.05) is 5.16 Å². The van der Waals surface area contributed by atoms with Crippen molar-refractivity contribution in [1.82, 2.24) is 20.5 Å². The van der Waals surface area contributed by atoms with Crippen molar-refractivity contribution in [3.8, 4) is 0 Å². The molecule has 3 amide bonds. The Labute approximate surface area is 189 Å². The van der Waals surface area contributed by atoms with E-state index in [2.05, 4.69) is 20.8 Å². The van der Waals surface area contributed by atoms with Crippen molar-refractivity contribution in [2.45, 2.75) is 23.9 Å². The lowest BCUT2D eigenvalue weighted by Gasteiger charge is -2.49. The summed E-state index contributed by atoms with van der Waals surface area (Å²) in [5, 5.41) is 19.6. The Hall–Kier alpha value is -3.17. The Morgan fingerprint density at radius 1 is 1.44 bits per heavy atom. The average Bonchev–Trinajstić information content (AvgIpc) is 3.38. The average molecular weight is 482 g/mol. The number of anilines is 1. The Balaban J connectivity index is 1.53. The standard InChI is InChI=1S/C17H19N7O6S2/c18-3-6-4-31-15-10(14(27)24(15)11(6)16(28)29)22-13(26)9(7-5-32-17(19)21-7)23-30-8-1-2-20-12(8)25/h5,8,10,15H,1-4,18H2,(H2,19,21)(H,20,25)(H,22,26)(H,28,29)/b23-9-/t8?,10?,15-/m0/s1. The lowest BCUT2D eigenvalue weighted by molar-refractivity contribution is -0.150. The van der Waals surface area contributed by atoms with Gasteiger partial charge in [-0.2, -0.15) is 0 Å². The van der Waals surface area contributed by atoms with Crippen LogP contribution in [0.5, 0.6) is 0 Å². The Morgan fingerprint density at radius 3 is 2.81 bits per heavy atom. The summed E-state index contributed by atoms with van der Waals surface area (Å²) < 4.78 is 0. The summed E-state index contributed by atoms with van der Waals surface area (Å²) in [7, 11) is 0. The van der Waals surface area contributed by atoms with E-state index >= 15 is 0 Å². The molecule has 7 N–H and O–H groups in total. The van der Waals surface area contributed by atoms with Gasteiger partial charge in [0.25, 0.3) is 17.7 Å². The van der Waals surface area contributed by atoms with Crippen molar-refractivity contribution in [3.05, 3.63) is 22.3 Å². The number of carbonyl (C=O) groups excluding carboxylic acids is 3. The van der Waals surface area contributed by atoms with Crippen LogP contribution in [0.4, 0.5) is 5.13 Å². The van der Waals surface area contributed by atoms with E-state index in [1.165, 1.54) is 17.1 Å². The van der Waals surface area contributed by atoms with Crippen LogP contribution in [0.2, 0.25) is 0 Å². The number of carboxylic acids is 1. The number of thiazole rings is 1. The van der Waals surface area contributed by atoms with Crippen molar-refractivity contribution < 1.29 is 29.1 Å². The van der Waals surface area contributed by atoms with Gasteiger partial charge in [0.1, 0.15) is 22.8 Å². The van der Waals surface area contributed by atoms with Crippen molar-refractivity contribution in [2.75, 3.05) is 24.6 Å². The van der Waals surface area contributed by atoms with Crippen LogP contribution in [0, 0.1) is 0 Å². The van der Waals surface area contributed by atoms with E-state index in [-0.39, 0.29) is 34.7 Å². The van der Waals surface area contributed by atoms with Crippen LogP contribution in [0.3, 0.4) is 0 Å². The number of nitrogen functional groups attached to an aromatic ring is 1. The number of β-lactam (4-membered cyclic amide) rings is 1. The molecule has 0 aromatic carbocycles. The fourth-order valence-electron chi connectivity index (χ4n) is 3.44. The van der Waals surface area contributed by atoms with Crippen LogP contribution in [0.15, 0.2) is 21.8 Å². The van der Waals surface area contributed by atoms with Crippen LogP contribution >= 0.6 is 23.1 Å². The summed E-state index contributed by atoms with van der Waals surface area (Å²) in [5.41, 5.74) is 11.4. The number of fused-ring (bicyclic) bond motifs is 1. The van der Waals surface area contributed by atoms with E-state index in [0.717, 1.165) is 16.2 Å². The number of carbonyl (C=O) groups is 4. The predicted molar refractivity (Wildman–Crippen MR) is 114 cm³/mol. The monoisotopic (exact) mass is 481 g/mol. The highest BCUT2D eigenvalue weighted by Gasteiger charge is 2.54. The highest BCUT2D eigenvalue weighted by Crippen LogP contribution is 2.40. The number of oxime groups is 1. The first-order chi connectivity index (χ1) is 15.3. The smallest absolute Gasteiger partial charge is 0.352 e. The number of rotatable bonds is 7. The number of aliphatic carboxylic acids is 1. The van der Waals surface area contributed by atoms with Crippen LogP contribution in [-0.4, -0.2) is 80.8 Å². The van der Waals surface area contributed by atoms with Crippen molar-refractivity contribution in [3.63, 3.8) is 0 Å². The van der Waals surface area contributed by atoms with Crippen molar-refractivity contribution in [2.24, 2.45) is 10.9 Å². The van der Waals surface area contributed by atoms with Crippen molar-refractivity contribution >= 4 is 57.6 Å². The second-order valence-electron chi connectivity index (χ2n) is 7.01. The van der Waals surface area contributed by atoms with E-state index in [4.69, 9.17) is 16.3 Å². The van der Waals surface area contributed by atoms with Gasteiger partial charge in [0.2, 0.25) is 6.10 Å². The Kier molecular flexibility index (Phi) is 6.03. The van der Waals surface area contributed by atoms with Crippen molar-refractivity contribution in [1.29, 1.82) is 0 Å². The lowest BCUT2D eigenvalue weighted by Crippen LogP contribution is -2.71. The van der Waals surface area contributed by atoms with Gasteiger partial charge in [-0.05, 0) is 5.57 Å². The Bertz CT molecular complexity index is 1050. The number of carboxylic acid groups (broad SMARTS) is 1. The Morgan fingerprint density at radius 2 is 2.22 bits per heavy atom. The molecule has 2 saturated heterocycles. The number of thioether (sulfide) groups is 1. The molecule has 1 aromatic heterocycles. The predicted octanol–water partition coefficient (Wildman–Crippen LogP) is -1.97. The minimum Gasteiger partial charge on any atom is -0.477 e. The molecule has 0 spiro atoms. The van der Waals surface area contributed by atoms with Gasteiger partial charge in [0.15, 0.2) is 10.8 Å². The van der Waals surface area contributed by atoms with E-state index in [1.54, 1.807) is 0 Å². The summed E-state index contributed by atoms with van der Waals surface area (Å²) in [4.78, 5) is 59.4. The molecule has 2 unspecified atom stereocenters. The SMILES string of the molecule is NCC1=C(C(=O)O)N2C(=O)C(NC(=O)/C(=N\OC3CCNC3=O)c3csc(N)n3)[C@@H]2SC1. The zero-order chi connectivity index (χ0) is 23.0. The number of nitrogens with one attached hydrogen (secondary N) is 2. The molecular formula is C17H19N7O6S2. The maximum Gasteiger partial charge on any atom is 0.352 e. The molecule has 4 heterocycles. The first kappa shape index (κ1) is 22.0. The normalized spacial score (nSPS) is 25.2. The summed E-state index contributed by atoms with van der Waals surface area (Å²) >= 11 is 2.38. The summed E-state index contributed by atoms with van der Waals surface area (Å²) in [5.74, 6) is -2.62. The molecule has 15 heteroatoms. The molecule has 2 fully saturated rings. The molecule has 0 saturated carbocycles. The van der Waals surface area contributed by atoms with E-state index in [9.17, 15) is 24.3 Å². The molecule has 4 rings (SSSR count). The first-order valence-corrected chi connectivity index (χ1v) is 11.4. The maximum atomic E-state index is 13.0. The fraction of sp³-hybridized carbons (Fsp3) is 0.412. The highest BCUT2D eigenvalue weighted by atomic mass is 32.2. The van der Waals surface area contributed by atoms with Gasteiger partial charge in [-0.25, -0.2) is 9.78 Å². The molecule has 3 atom stereocenters.